The molecule has 0 bridgehead atoms. The van der Waals surface area contributed by atoms with Crippen molar-refractivity contribution in [3.05, 3.63) is 27.7 Å². The molecule has 1 aromatic carbocycles. The second kappa shape index (κ2) is 8.01. The molecule has 1 aliphatic rings. The maximum Gasteiger partial charge on any atom is 0.127 e. The molecule has 0 fully saturated rings. The van der Waals surface area contributed by atoms with Gasteiger partial charge < -0.3 is 15.2 Å². The lowest BCUT2D eigenvalue weighted by atomic mass is 10.00. The van der Waals surface area contributed by atoms with Crippen LogP contribution in [-0.2, 0) is 13.0 Å². The van der Waals surface area contributed by atoms with Gasteiger partial charge in [-0.15, -0.1) is 0 Å². The smallest absolute Gasteiger partial charge is 0.127 e. The fourth-order valence-electron chi connectivity index (χ4n) is 2.83. The summed E-state index contributed by atoms with van der Waals surface area (Å²) in [5, 5.41) is 12.6. The normalized spacial score (nSPS) is 14.9. The lowest BCUT2D eigenvalue weighted by Gasteiger charge is -2.16. The first-order valence-electron chi connectivity index (χ1n) is 7.50. The van der Waals surface area contributed by atoms with Gasteiger partial charge in [-0.2, -0.15) is 0 Å². The summed E-state index contributed by atoms with van der Waals surface area (Å²) in [4.78, 5) is 0. The topological polar surface area (TPSA) is 41.5 Å². The Kier molecular flexibility index (Phi) is 6.33. The van der Waals surface area contributed by atoms with Crippen LogP contribution in [0, 0.1) is 5.92 Å². The first-order chi connectivity index (χ1) is 9.74. The lowest BCUT2D eigenvalue weighted by molar-refractivity contribution is 0.248. The van der Waals surface area contributed by atoms with Crippen LogP contribution >= 0.6 is 15.9 Å². The van der Waals surface area contributed by atoms with Gasteiger partial charge in [0.1, 0.15) is 5.75 Å². The van der Waals surface area contributed by atoms with Gasteiger partial charge >= 0.3 is 0 Å². The van der Waals surface area contributed by atoms with Gasteiger partial charge in [0.05, 0.1) is 6.61 Å². The van der Waals surface area contributed by atoms with Gasteiger partial charge in [0.25, 0.3) is 0 Å². The quantitative estimate of drug-likeness (QED) is 0.762. The van der Waals surface area contributed by atoms with Crippen LogP contribution in [0.15, 0.2) is 16.6 Å². The van der Waals surface area contributed by atoms with Crippen molar-refractivity contribution in [1.82, 2.24) is 5.32 Å². The summed E-state index contributed by atoms with van der Waals surface area (Å²) < 4.78 is 6.86. The number of fused-ring (bicyclic) bond motifs is 1. The summed E-state index contributed by atoms with van der Waals surface area (Å²) in [5.41, 5.74) is 2.53. The van der Waals surface area contributed by atoms with Crippen LogP contribution < -0.4 is 10.1 Å². The number of nitrogens with one attached hydrogen (secondary N) is 1. The van der Waals surface area contributed by atoms with Gasteiger partial charge in [-0.25, -0.2) is 0 Å². The number of ether oxygens (including phenoxy) is 1. The zero-order valence-electron chi connectivity index (χ0n) is 12.1. The van der Waals surface area contributed by atoms with Crippen molar-refractivity contribution in [2.75, 3.05) is 19.8 Å². The highest BCUT2D eigenvalue weighted by Gasteiger charge is 2.17. The average Bonchev–Trinajstić information content (AvgIpc) is 2.87. The third kappa shape index (κ3) is 4.21. The van der Waals surface area contributed by atoms with Gasteiger partial charge in [-0.05, 0) is 43.0 Å². The van der Waals surface area contributed by atoms with E-state index in [2.05, 4.69) is 40.3 Å². The third-order valence-corrected chi connectivity index (χ3v) is 4.27. The number of hydrogen-bond acceptors (Lipinski definition) is 3. The molecule has 2 rings (SSSR count). The second-order valence-corrected chi connectivity index (χ2v) is 6.37. The van der Waals surface area contributed by atoms with Crippen LogP contribution in [0.3, 0.4) is 0 Å². The molecule has 112 valence electrons. The van der Waals surface area contributed by atoms with Crippen LogP contribution in [-0.4, -0.2) is 24.9 Å². The molecular formula is C16H24BrNO2. The number of hydrogen-bond donors (Lipinski definition) is 2. The maximum atomic E-state index is 9.09. The molecule has 1 atom stereocenters. The molecule has 1 unspecified atom stereocenters. The van der Waals surface area contributed by atoms with Crippen molar-refractivity contribution in [3.8, 4) is 5.75 Å². The van der Waals surface area contributed by atoms with E-state index < -0.39 is 0 Å². The molecule has 1 aliphatic heterocycles. The van der Waals surface area contributed by atoms with E-state index in [1.165, 1.54) is 24.0 Å². The minimum absolute atomic E-state index is 0.280. The van der Waals surface area contributed by atoms with Gasteiger partial charge in [-0.1, -0.05) is 29.3 Å². The molecule has 1 heterocycles. The van der Waals surface area contributed by atoms with Crippen molar-refractivity contribution < 1.29 is 9.84 Å². The molecule has 2 N–H and O–H groups in total. The predicted octanol–water partition coefficient (Wildman–Crippen LogP) is 3.27. The molecule has 0 aliphatic carbocycles. The minimum atomic E-state index is 0.280. The van der Waals surface area contributed by atoms with E-state index in [1.54, 1.807) is 0 Å². The largest absolute Gasteiger partial charge is 0.493 e. The highest BCUT2D eigenvalue weighted by Crippen LogP contribution is 2.32. The minimum Gasteiger partial charge on any atom is -0.493 e. The fourth-order valence-corrected chi connectivity index (χ4v) is 3.38. The molecule has 0 aromatic heterocycles. The summed E-state index contributed by atoms with van der Waals surface area (Å²) in [7, 11) is 0. The summed E-state index contributed by atoms with van der Waals surface area (Å²) in [6, 6.07) is 4.29. The second-order valence-electron chi connectivity index (χ2n) is 5.45. The first-order valence-corrected chi connectivity index (χ1v) is 8.29. The summed E-state index contributed by atoms with van der Waals surface area (Å²) in [5.74, 6) is 1.63. The van der Waals surface area contributed by atoms with E-state index in [0.29, 0.717) is 5.92 Å². The van der Waals surface area contributed by atoms with Crippen LogP contribution in [0.1, 0.15) is 37.3 Å². The van der Waals surface area contributed by atoms with Crippen LogP contribution in [0.25, 0.3) is 0 Å². The monoisotopic (exact) mass is 341 g/mol. The van der Waals surface area contributed by atoms with Crippen molar-refractivity contribution in [2.45, 2.75) is 39.2 Å². The zero-order valence-corrected chi connectivity index (χ0v) is 13.7. The standard InChI is InChI=1S/C16H24BrNO2/c1-2-3-12(4-6-19)10-18-11-14-9-15(17)8-13-5-7-20-16(13)14/h8-9,12,18-19H,2-7,10-11H2,1H3. The molecule has 3 nitrogen and oxygen atoms in total. The molecule has 0 amide bonds. The molecule has 20 heavy (non-hydrogen) atoms. The molecule has 1 aromatic rings. The van der Waals surface area contributed by atoms with Gasteiger partial charge in [0, 0.05) is 29.6 Å². The van der Waals surface area contributed by atoms with Gasteiger partial charge in [-0.3, -0.25) is 0 Å². The summed E-state index contributed by atoms with van der Waals surface area (Å²) in [6.07, 6.45) is 4.22. The van der Waals surface area contributed by atoms with Crippen molar-refractivity contribution in [1.29, 1.82) is 0 Å². The Bertz CT molecular complexity index is 431. The Morgan fingerprint density at radius 3 is 3.00 bits per heavy atom. The molecule has 0 saturated heterocycles. The average molecular weight is 342 g/mol. The zero-order chi connectivity index (χ0) is 14.4. The van der Waals surface area contributed by atoms with Gasteiger partial charge in [0.15, 0.2) is 0 Å². The number of benzene rings is 1. The maximum absolute atomic E-state index is 9.09. The van der Waals surface area contributed by atoms with E-state index in [-0.39, 0.29) is 6.61 Å². The molecule has 4 heteroatoms. The third-order valence-electron chi connectivity index (χ3n) is 3.81. The van der Waals surface area contributed by atoms with Crippen LogP contribution in [0.5, 0.6) is 5.75 Å². The van der Waals surface area contributed by atoms with Gasteiger partial charge in [0.2, 0.25) is 0 Å². The number of aliphatic hydroxyl groups excluding tert-OH is 1. The Hall–Kier alpha value is -0.580. The molecule has 0 radical (unpaired) electrons. The van der Waals surface area contributed by atoms with Crippen molar-refractivity contribution in [2.24, 2.45) is 5.92 Å². The molecule has 0 saturated carbocycles. The lowest BCUT2D eigenvalue weighted by Crippen LogP contribution is -2.23. The van der Waals surface area contributed by atoms with E-state index in [9.17, 15) is 0 Å². The van der Waals surface area contributed by atoms with E-state index in [1.807, 2.05) is 0 Å². The Balaban J connectivity index is 1.91. The van der Waals surface area contributed by atoms with E-state index >= 15 is 0 Å². The van der Waals surface area contributed by atoms with Crippen LogP contribution in [0.4, 0.5) is 0 Å². The fraction of sp³-hybridized carbons (Fsp3) is 0.625. The predicted molar refractivity (Wildman–Crippen MR) is 85.1 cm³/mol. The van der Waals surface area contributed by atoms with Crippen LogP contribution in [0.2, 0.25) is 0 Å². The number of aliphatic hydroxyl groups is 1. The summed E-state index contributed by atoms with van der Waals surface area (Å²) in [6.45, 7) is 5.05. The number of halogens is 1. The highest BCUT2D eigenvalue weighted by molar-refractivity contribution is 9.10. The SMILES string of the molecule is CCCC(CCO)CNCc1cc(Br)cc2c1OCC2. The number of rotatable bonds is 8. The summed E-state index contributed by atoms with van der Waals surface area (Å²) >= 11 is 3.57. The molecular weight excluding hydrogens is 318 g/mol. The van der Waals surface area contributed by atoms with Crippen molar-refractivity contribution >= 4 is 15.9 Å². The van der Waals surface area contributed by atoms with E-state index in [0.717, 1.165) is 42.8 Å². The Morgan fingerprint density at radius 1 is 1.40 bits per heavy atom. The molecule has 0 spiro atoms. The highest BCUT2D eigenvalue weighted by atomic mass is 79.9. The van der Waals surface area contributed by atoms with Crippen molar-refractivity contribution in [3.63, 3.8) is 0 Å². The Morgan fingerprint density at radius 2 is 2.25 bits per heavy atom. The Labute approximate surface area is 129 Å². The van der Waals surface area contributed by atoms with E-state index in [4.69, 9.17) is 9.84 Å². The first kappa shape index (κ1) is 15.8.